The van der Waals surface area contributed by atoms with Gasteiger partial charge in [-0.1, -0.05) is 0 Å². The standard InChI is InChI=1S/C24H28FN7O4/c1-24(2,3)36-23(34)29-20-14-26-18(13-27-20)19-11-17(22(33)31-9-7-15(25)8-10-31)30-32(19)16-5-6-21(35-4)28-12-16/h5-6,11-15H,7-10H2,1-4H3,(H,27,29,34). The average molecular weight is 498 g/mol. The predicted molar refractivity (Wildman–Crippen MR) is 129 cm³/mol. The average Bonchev–Trinajstić information content (AvgIpc) is 3.29. The van der Waals surface area contributed by atoms with Gasteiger partial charge in [0.05, 0.1) is 37.1 Å². The first-order valence-corrected chi connectivity index (χ1v) is 11.5. The highest BCUT2D eigenvalue weighted by Gasteiger charge is 2.27. The number of likely N-dealkylation sites (tertiary alicyclic amines) is 1. The molecule has 4 rings (SSSR count). The molecule has 12 heteroatoms. The van der Waals surface area contributed by atoms with E-state index in [1.165, 1.54) is 24.2 Å². The number of halogens is 1. The van der Waals surface area contributed by atoms with E-state index >= 15 is 0 Å². The number of rotatable bonds is 5. The molecule has 3 aromatic rings. The van der Waals surface area contributed by atoms with E-state index in [9.17, 15) is 14.0 Å². The fourth-order valence-corrected chi connectivity index (χ4v) is 3.63. The number of ether oxygens (including phenoxy) is 2. The smallest absolute Gasteiger partial charge is 0.413 e. The number of nitrogens with one attached hydrogen (secondary N) is 1. The molecule has 4 heterocycles. The van der Waals surface area contributed by atoms with Gasteiger partial charge >= 0.3 is 6.09 Å². The summed E-state index contributed by atoms with van der Waals surface area (Å²) in [6.45, 7) is 5.94. The van der Waals surface area contributed by atoms with Crippen LogP contribution in [0.5, 0.6) is 5.88 Å². The lowest BCUT2D eigenvalue weighted by Crippen LogP contribution is -2.39. The van der Waals surface area contributed by atoms with E-state index < -0.39 is 17.9 Å². The van der Waals surface area contributed by atoms with Crippen LogP contribution in [0, 0.1) is 0 Å². The highest BCUT2D eigenvalue weighted by molar-refractivity contribution is 5.93. The van der Waals surface area contributed by atoms with Gasteiger partial charge in [-0.2, -0.15) is 5.10 Å². The SMILES string of the molecule is COc1ccc(-n2nc(C(=O)N3CCC(F)CC3)cc2-c2cnc(NC(=O)OC(C)(C)C)cn2)cn1. The number of pyridine rings is 1. The minimum Gasteiger partial charge on any atom is -0.481 e. The maximum absolute atomic E-state index is 13.6. The number of aromatic nitrogens is 5. The minimum absolute atomic E-state index is 0.191. The van der Waals surface area contributed by atoms with Crippen molar-refractivity contribution in [3.63, 3.8) is 0 Å². The van der Waals surface area contributed by atoms with Gasteiger partial charge in [0.2, 0.25) is 5.88 Å². The Hall–Kier alpha value is -4.09. The fraction of sp³-hybridized carbons (Fsp3) is 0.417. The number of hydrogen-bond acceptors (Lipinski definition) is 8. The highest BCUT2D eigenvalue weighted by atomic mass is 19.1. The van der Waals surface area contributed by atoms with Crippen LogP contribution >= 0.6 is 0 Å². The van der Waals surface area contributed by atoms with Gasteiger partial charge in [-0.25, -0.2) is 28.8 Å². The van der Waals surface area contributed by atoms with Gasteiger partial charge in [-0.3, -0.25) is 10.1 Å². The molecule has 0 bridgehead atoms. The summed E-state index contributed by atoms with van der Waals surface area (Å²) >= 11 is 0. The van der Waals surface area contributed by atoms with E-state index in [2.05, 4.69) is 25.4 Å². The summed E-state index contributed by atoms with van der Waals surface area (Å²) < 4.78 is 25.5. The summed E-state index contributed by atoms with van der Waals surface area (Å²) in [5, 5.41) is 7.04. The molecule has 0 aromatic carbocycles. The molecule has 1 fully saturated rings. The van der Waals surface area contributed by atoms with Crippen LogP contribution in [0.15, 0.2) is 36.8 Å². The third kappa shape index (κ3) is 5.93. The van der Waals surface area contributed by atoms with Gasteiger partial charge in [-0.15, -0.1) is 0 Å². The molecule has 0 unspecified atom stereocenters. The van der Waals surface area contributed by atoms with Crippen LogP contribution in [0.1, 0.15) is 44.1 Å². The molecule has 2 amide bonds. The molecule has 3 aromatic heterocycles. The molecule has 36 heavy (non-hydrogen) atoms. The van der Waals surface area contributed by atoms with E-state index in [4.69, 9.17) is 9.47 Å². The Morgan fingerprint density at radius 2 is 1.83 bits per heavy atom. The first-order chi connectivity index (χ1) is 17.1. The lowest BCUT2D eigenvalue weighted by atomic mass is 10.1. The van der Waals surface area contributed by atoms with Gasteiger partial charge in [0.15, 0.2) is 11.5 Å². The number of anilines is 1. The number of piperidine rings is 1. The molecule has 190 valence electrons. The highest BCUT2D eigenvalue weighted by Crippen LogP contribution is 2.25. The molecule has 0 spiro atoms. The molecule has 0 radical (unpaired) electrons. The minimum atomic E-state index is -0.893. The van der Waals surface area contributed by atoms with Crippen molar-refractivity contribution in [1.29, 1.82) is 0 Å². The molecule has 0 aliphatic carbocycles. The molecule has 1 aliphatic rings. The molecular weight excluding hydrogens is 469 g/mol. The summed E-state index contributed by atoms with van der Waals surface area (Å²) in [7, 11) is 1.52. The summed E-state index contributed by atoms with van der Waals surface area (Å²) in [4.78, 5) is 39.6. The van der Waals surface area contributed by atoms with Crippen LogP contribution in [0.4, 0.5) is 15.0 Å². The Balaban J connectivity index is 1.64. The number of amides is 2. The zero-order valence-electron chi connectivity index (χ0n) is 20.6. The van der Waals surface area contributed by atoms with Gasteiger partial charge in [0, 0.05) is 19.2 Å². The normalized spacial score (nSPS) is 14.4. The predicted octanol–water partition coefficient (Wildman–Crippen LogP) is 3.65. The topological polar surface area (TPSA) is 124 Å². The van der Waals surface area contributed by atoms with Gasteiger partial charge < -0.3 is 14.4 Å². The zero-order valence-corrected chi connectivity index (χ0v) is 20.6. The second kappa shape index (κ2) is 10.3. The van der Waals surface area contributed by atoms with E-state index in [1.54, 1.807) is 50.1 Å². The quantitative estimate of drug-likeness (QED) is 0.566. The van der Waals surface area contributed by atoms with Crippen molar-refractivity contribution in [2.24, 2.45) is 0 Å². The van der Waals surface area contributed by atoms with Crippen LogP contribution < -0.4 is 10.1 Å². The first kappa shape index (κ1) is 25.0. The summed E-state index contributed by atoms with van der Waals surface area (Å²) in [5.74, 6) is 0.338. The Labute approximate surface area is 207 Å². The lowest BCUT2D eigenvalue weighted by molar-refractivity contribution is 0.0632. The van der Waals surface area contributed by atoms with Crippen molar-refractivity contribution < 1.29 is 23.5 Å². The van der Waals surface area contributed by atoms with Crippen LogP contribution in [0.2, 0.25) is 0 Å². The van der Waals surface area contributed by atoms with Crippen molar-refractivity contribution >= 4 is 17.8 Å². The molecule has 11 nitrogen and oxygen atoms in total. The van der Waals surface area contributed by atoms with Crippen molar-refractivity contribution in [2.75, 3.05) is 25.5 Å². The van der Waals surface area contributed by atoms with Gasteiger partial charge in [0.25, 0.3) is 5.91 Å². The number of hydrogen-bond donors (Lipinski definition) is 1. The number of carbonyl (C=O) groups excluding carboxylic acids is 2. The Kier molecular flexibility index (Phi) is 7.13. The van der Waals surface area contributed by atoms with Gasteiger partial charge in [0.1, 0.15) is 17.5 Å². The number of alkyl halides is 1. The third-order valence-corrected chi connectivity index (χ3v) is 5.36. The second-order valence-electron chi connectivity index (χ2n) is 9.27. The largest absolute Gasteiger partial charge is 0.481 e. The summed E-state index contributed by atoms with van der Waals surface area (Å²) in [6, 6.07) is 5.03. The van der Waals surface area contributed by atoms with Crippen molar-refractivity contribution in [3.8, 4) is 23.0 Å². The van der Waals surface area contributed by atoms with Crippen molar-refractivity contribution in [1.82, 2.24) is 29.6 Å². The van der Waals surface area contributed by atoms with Gasteiger partial charge in [-0.05, 0) is 45.7 Å². The first-order valence-electron chi connectivity index (χ1n) is 11.5. The van der Waals surface area contributed by atoms with E-state index in [0.717, 1.165) is 0 Å². The summed E-state index contributed by atoms with van der Waals surface area (Å²) in [6.07, 6.45) is 3.47. The Morgan fingerprint density at radius 1 is 1.08 bits per heavy atom. The van der Waals surface area contributed by atoms with Crippen LogP contribution in [-0.2, 0) is 4.74 Å². The van der Waals surface area contributed by atoms with Crippen LogP contribution in [0.25, 0.3) is 17.1 Å². The molecular formula is C24H28FN7O4. The Morgan fingerprint density at radius 3 is 2.42 bits per heavy atom. The number of methoxy groups -OCH3 is 1. The monoisotopic (exact) mass is 497 g/mol. The maximum Gasteiger partial charge on any atom is 0.413 e. The lowest BCUT2D eigenvalue weighted by Gasteiger charge is -2.27. The van der Waals surface area contributed by atoms with Crippen molar-refractivity contribution in [2.45, 2.75) is 45.4 Å². The molecule has 0 saturated carbocycles. The van der Waals surface area contributed by atoms with Crippen LogP contribution in [-0.4, -0.2) is 73.6 Å². The molecule has 1 saturated heterocycles. The number of carbonyl (C=O) groups is 2. The van der Waals surface area contributed by atoms with E-state index in [-0.39, 0.29) is 17.4 Å². The van der Waals surface area contributed by atoms with Crippen LogP contribution in [0.3, 0.4) is 0 Å². The molecule has 1 N–H and O–H groups in total. The fourth-order valence-electron chi connectivity index (χ4n) is 3.63. The van der Waals surface area contributed by atoms with E-state index in [1.807, 2.05) is 0 Å². The molecule has 0 atom stereocenters. The second-order valence-corrected chi connectivity index (χ2v) is 9.27. The summed E-state index contributed by atoms with van der Waals surface area (Å²) in [5.41, 5.74) is 1.01. The molecule has 1 aliphatic heterocycles. The zero-order chi connectivity index (χ0) is 25.9. The van der Waals surface area contributed by atoms with Crippen molar-refractivity contribution in [3.05, 3.63) is 42.5 Å². The third-order valence-electron chi connectivity index (χ3n) is 5.36. The Bertz CT molecular complexity index is 1210. The van der Waals surface area contributed by atoms with E-state index in [0.29, 0.717) is 48.9 Å². The maximum atomic E-state index is 13.6. The number of nitrogens with zero attached hydrogens (tertiary/aromatic N) is 6.